The minimum absolute atomic E-state index is 0.0934. The number of ether oxygens (including phenoxy) is 1. The van der Waals surface area contributed by atoms with Crippen LogP contribution in [-0.4, -0.2) is 5.91 Å². The van der Waals surface area contributed by atoms with Crippen LogP contribution in [0.4, 0.5) is 5.69 Å². The standard InChI is InChI=1S/C22H15ClN6O3S/c23-19-4-2-1-3-16(19)10-22(30)27-17-5-6-20(21(11-17)33-32-29-28-26)31-18-8-14(12-24)7-15(9-18)13-25/h1-9,11H,10H2,(H2,26,29)(H,27,30). The molecule has 33 heavy (non-hydrogen) atoms. The molecule has 0 radical (unpaired) electrons. The molecule has 0 bridgehead atoms. The van der Waals surface area contributed by atoms with E-state index in [1.807, 2.05) is 12.1 Å². The van der Waals surface area contributed by atoms with Crippen LogP contribution >= 0.6 is 23.6 Å². The molecule has 0 aliphatic heterocycles. The van der Waals surface area contributed by atoms with Crippen molar-refractivity contribution in [1.29, 1.82) is 10.5 Å². The molecule has 9 nitrogen and oxygen atoms in total. The Labute approximate surface area is 198 Å². The topological polar surface area (TPSA) is 146 Å². The Bertz CT molecular complexity index is 1250. The molecule has 0 aromatic heterocycles. The van der Waals surface area contributed by atoms with E-state index in [1.165, 1.54) is 18.2 Å². The Morgan fingerprint density at radius 1 is 1.09 bits per heavy atom. The molecule has 0 heterocycles. The van der Waals surface area contributed by atoms with Gasteiger partial charge in [-0.25, -0.2) is 0 Å². The Balaban J connectivity index is 1.83. The van der Waals surface area contributed by atoms with Crippen molar-refractivity contribution in [1.82, 2.24) is 0 Å². The summed E-state index contributed by atoms with van der Waals surface area (Å²) in [6.07, 6.45) is 0.0934. The van der Waals surface area contributed by atoms with Gasteiger partial charge in [0.2, 0.25) is 5.91 Å². The number of nitrogens with two attached hydrogens (primary N) is 1. The smallest absolute Gasteiger partial charge is 0.228 e. The number of amides is 1. The first-order valence-electron chi connectivity index (χ1n) is 9.26. The third-order valence-corrected chi connectivity index (χ3v) is 5.14. The molecule has 0 saturated heterocycles. The van der Waals surface area contributed by atoms with Crippen LogP contribution in [0.25, 0.3) is 0 Å². The molecule has 0 atom stereocenters. The summed E-state index contributed by atoms with van der Waals surface area (Å²) in [5.74, 6) is 5.30. The maximum atomic E-state index is 12.5. The molecule has 0 spiro atoms. The SMILES string of the molecule is N#Cc1cc(C#N)cc(Oc2ccc(NC(=O)Cc3ccccc3Cl)cc2SON=NN)c1. The van der Waals surface area contributed by atoms with Crippen LogP contribution in [-0.2, 0) is 15.5 Å². The summed E-state index contributed by atoms with van der Waals surface area (Å²) in [5.41, 5.74) is 1.71. The van der Waals surface area contributed by atoms with Crippen molar-refractivity contribution in [2.24, 2.45) is 16.3 Å². The fraction of sp³-hybridized carbons (Fsp3) is 0.0455. The van der Waals surface area contributed by atoms with Gasteiger partial charge in [-0.2, -0.15) is 10.5 Å². The molecule has 1 amide bonds. The maximum Gasteiger partial charge on any atom is 0.228 e. The number of rotatable bonds is 8. The predicted octanol–water partition coefficient (Wildman–Crippen LogP) is 5.32. The molecule has 0 unspecified atom stereocenters. The number of nitrogens with one attached hydrogen (secondary N) is 1. The van der Waals surface area contributed by atoms with Gasteiger partial charge in [0.05, 0.1) is 39.9 Å². The van der Waals surface area contributed by atoms with Crippen molar-refractivity contribution in [3.63, 3.8) is 0 Å². The minimum Gasteiger partial charge on any atom is -0.456 e. The number of carbonyl (C=O) groups excluding carboxylic acids is 1. The largest absolute Gasteiger partial charge is 0.456 e. The van der Waals surface area contributed by atoms with Crippen LogP contribution in [0.5, 0.6) is 11.5 Å². The molecule has 0 fully saturated rings. The van der Waals surface area contributed by atoms with E-state index >= 15 is 0 Å². The molecule has 164 valence electrons. The van der Waals surface area contributed by atoms with Crippen LogP contribution in [0.1, 0.15) is 16.7 Å². The number of hydrogen-bond acceptors (Lipinski definition) is 8. The number of anilines is 1. The highest BCUT2D eigenvalue weighted by Crippen LogP contribution is 2.36. The van der Waals surface area contributed by atoms with E-state index in [0.29, 0.717) is 26.9 Å². The van der Waals surface area contributed by atoms with E-state index < -0.39 is 0 Å². The molecule has 0 saturated carbocycles. The number of nitrogens with zero attached hydrogens (tertiary/aromatic N) is 4. The van der Waals surface area contributed by atoms with Crippen molar-refractivity contribution in [2.45, 2.75) is 11.3 Å². The van der Waals surface area contributed by atoms with E-state index in [4.69, 9.17) is 37.0 Å². The number of carbonyl (C=O) groups is 1. The van der Waals surface area contributed by atoms with E-state index in [2.05, 4.69) is 15.8 Å². The van der Waals surface area contributed by atoms with Crippen LogP contribution in [0.2, 0.25) is 5.02 Å². The van der Waals surface area contributed by atoms with E-state index in [-0.39, 0.29) is 29.2 Å². The highest BCUT2D eigenvalue weighted by molar-refractivity contribution is 7.94. The van der Waals surface area contributed by atoms with Gasteiger partial charge < -0.3 is 15.9 Å². The van der Waals surface area contributed by atoms with Crippen molar-refractivity contribution in [2.75, 3.05) is 5.32 Å². The molecule has 0 aliphatic rings. The summed E-state index contributed by atoms with van der Waals surface area (Å²) >= 11 is 6.91. The molecular weight excluding hydrogens is 464 g/mol. The average Bonchev–Trinajstić information content (AvgIpc) is 2.82. The Kier molecular flexibility index (Phi) is 8.08. The zero-order chi connectivity index (χ0) is 23.6. The molecule has 3 aromatic carbocycles. The van der Waals surface area contributed by atoms with Crippen molar-refractivity contribution in [3.05, 3.63) is 82.4 Å². The summed E-state index contributed by atoms with van der Waals surface area (Å²) in [7, 11) is 0. The van der Waals surface area contributed by atoms with Crippen LogP contribution in [0, 0.1) is 22.7 Å². The third-order valence-electron chi connectivity index (χ3n) is 4.14. The second kappa shape index (κ2) is 11.4. The van der Waals surface area contributed by atoms with Gasteiger partial charge in [0.1, 0.15) is 23.5 Å². The quantitative estimate of drug-likeness (QED) is 0.193. The van der Waals surface area contributed by atoms with Gasteiger partial charge in [0.15, 0.2) is 0 Å². The number of nitriles is 2. The van der Waals surface area contributed by atoms with Gasteiger partial charge >= 0.3 is 0 Å². The zero-order valence-electron chi connectivity index (χ0n) is 16.9. The lowest BCUT2D eigenvalue weighted by Gasteiger charge is -2.12. The van der Waals surface area contributed by atoms with Gasteiger partial charge in [-0.3, -0.25) is 9.08 Å². The summed E-state index contributed by atoms with van der Waals surface area (Å²) < 4.78 is 10.8. The molecular formula is C22H15ClN6O3S. The van der Waals surface area contributed by atoms with Gasteiger partial charge in [-0.05, 0) is 53.3 Å². The number of benzene rings is 3. The molecule has 0 aliphatic carbocycles. The van der Waals surface area contributed by atoms with Crippen molar-refractivity contribution < 1.29 is 13.8 Å². The predicted molar refractivity (Wildman–Crippen MR) is 122 cm³/mol. The number of halogens is 1. The lowest BCUT2D eigenvalue weighted by molar-refractivity contribution is -0.115. The van der Waals surface area contributed by atoms with E-state index in [0.717, 1.165) is 12.0 Å². The minimum atomic E-state index is -0.268. The fourth-order valence-electron chi connectivity index (χ4n) is 2.75. The van der Waals surface area contributed by atoms with Crippen LogP contribution in [0.3, 0.4) is 0 Å². The first kappa shape index (κ1) is 23.4. The first-order valence-corrected chi connectivity index (χ1v) is 10.4. The molecule has 3 rings (SSSR count). The fourth-order valence-corrected chi connectivity index (χ4v) is 3.47. The number of hydrogen-bond donors (Lipinski definition) is 2. The molecule has 3 N–H and O–H groups in total. The lowest BCUT2D eigenvalue weighted by atomic mass is 10.1. The third kappa shape index (κ3) is 6.61. The highest BCUT2D eigenvalue weighted by Gasteiger charge is 2.13. The van der Waals surface area contributed by atoms with Crippen molar-refractivity contribution in [3.8, 4) is 23.6 Å². The van der Waals surface area contributed by atoms with Gasteiger partial charge in [-0.1, -0.05) is 29.8 Å². The molecule has 3 aromatic rings. The average molecular weight is 479 g/mol. The molecule has 11 heteroatoms. The normalized spacial score (nSPS) is 10.3. The van der Waals surface area contributed by atoms with E-state index in [1.54, 1.807) is 42.5 Å². The summed E-state index contributed by atoms with van der Waals surface area (Å²) in [5, 5.41) is 27.9. The summed E-state index contributed by atoms with van der Waals surface area (Å²) in [4.78, 5) is 12.9. The van der Waals surface area contributed by atoms with Gasteiger partial charge in [-0.15, -0.1) is 0 Å². The Morgan fingerprint density at radius 2 is 1.82 bits per heavy atom. The Morgan fingerprint density at radius 3 is 2.48 bits per heavy atom. The Hall–Kier alpha value is -4.25. The lowest BCUT2D eigenvalue weighted by Crippen LogP contribution is -2.14. The highest BCUT2D eigenvalue weighted by atomic mass is 35.5. The van der Waals surface area contributed by atoms with Crippen LogP contribution < -0.4 is 15.9 Å². The van der Waals surface area contributed by atoms with Gasteiger partial charge in [0, 0.05) is 10.7 Å². The van der Waals surface area contributed by atoms with Crippen molar-refractivity contribution >= 4 is 35.2 Å². The second-order valence-corrected chi connectivity index (χ2v) is 7.57. The summed E-state index contributed by atoms with van der Waals surface area (Å²) in [6, 6.07) is 20.3. The zero-order valence-corrected chi connectivity index (χ0v) is 18.4. The maximum absolute atomic E-state index is 12.5. The second-order valence-electron chi connectivity index (χ2n) is 6.40. The van der Waals surface area contributed by atoms with Crippen LogP contribution in [0.15, 0.2) is 76.1 Å². The van der Waals surface area contributed by atoms with E-state index in [9.17, 15) is 4.79 Å². The monoisotopic (exact) mass is 478 g/mol. The summed E-state index contributed by atoms with van der Waals surface area (Å²) in [6.45, 7) is 0. The first-order chi connectivity index (χ1) is 16.0. The van der Waals surface area contributed by atoms with Gasteiger partial charge in [0.25, 0.3) is 0 Å².